The van der Waals surface area contributed by atoms with Crippen molar-refractivity contribution in [2.75, 3.05) is 18.9 Å². The fraction of sp³-hybridized carbons (Fsp3) is 0.250. The van der Waals surface area contributed by atoms with E-state index in [0.717, 1.165) is 23.4 Å². The highest BCUT2D eigenvalue weighted by Crippen LogP contribution is 2.22. The third-order valence-corrected chi connectivity index (χ3v) is 4.31. The second-order valence-electron chi connectivity index (χ2n) is 6.17. The molecule has 0 unspecified atom stereocenters. The predicted octanol–water partition coefficient (Wildman–Crippen LogP) is 2.96. The van der Waals surface area contributed by atoms with Crippen LogP contribution in [0, 0.1) is 0 Å². The van der Waals surface area contributed by atoms with Crippen LogP contribution in [-0.2, 0) is 11.3 Å². The highest BCUT2D eigenvalue weighted by Gasteiger charge is 2.24. The molecule has 0 aliphatic heterocycles. The number of hydrogen-bond donors (Lipinski definition) is 1. The van der Waals surface area contributed by atoms with Crippen molar-refractivity contribution in [1.29, 1.82) is 0 Å². The Bertz CT molecular complexity index is 832. The standard InChI is InChI=1S/C20H23N5O/c1-3-24(2)19(17-9-5-4-6-10-17)20(26)23-18-11-7-8-16(12-18)13-25-15-21-14-22-25/h4-12,14-15,19H,3,13H2,1-2H3,(H,23,26)/t19-/m1/s1. The lowest BCUT2D eigenvalue weighted by Gasteiger charge is -2.26. The molecule has 0 radical (unpaired) electrons. The third-order valence-electron chi connectivity index (χ3n) is 4.31. The van der Waals surface area contributed by atoms with Gasteiger partial charge in [-0.15, -0.1) is 0 Å². The second-order valence-corrected chi connectivity index (χ2v) is 6.17. The molecule has 1 heterocycles. The maximum atomic E-state index is 13.0. The number of amides is 1. The summed E-state index contributed by atoms with van der Waals surface area (Å²) in [6, 6.07) is 17.3. The number of carbonyl (C=O) groups is 1. The average Bonchev–Trinajstić information content (AvgIpc) is 3.16. The number of nitrogens with zero attached hydrogens (tertiary/aromatic N) is 4. The predicted molar refractivity (Wildman–Crippen MR) is 102 cm³/mol. The molecule has 26 heavy (non-hydrogen) atoms. The van der Waals surface area contributed by atoms with Gasteiger partial charge in [0.15, 0.2) is 0 Å². The van der Waals surface area contributed by atoms with Gasteiger partial charge in [0.2, 0.25) is 5.91 Å². The van der Waals surface area contributed by atoms with E-state index in [9.17, 15) is 4.79 Å². The van der Waals surface area contributed by atoms with E-state index in [2.05, 4.69) is 15.4 Å². The van der Waals surface area contributed by atoms with E-state index < -0.39 is 0 Å². The topological polar surface area (TPSA) is 63.1 Å². The number of hydrogen-bond acceptors (Lipinski definition) is 4. The first-order valence-electron chi connectivity index (χ1n) is 8.64. The highest BCUT2D eigenvalue weighted by molar-refractivity contribution is 5.95. The van der Waals surface area contributed by atoms with Crippen molar-refractivity contribution in [1.82, 2.24) is 19.7 Å². The highest BCUT2D eigenvalue weighted by atomic mass is 16.2. The average molecular weight is 349 g/mol. The third kappa shape index (κ3) is 4.34. The number of rotatable bonds is 7. The minimum absolute atomic E-state index is 0.0431. The fourth-order valence-electron chi connectivity index (χ4n) is 2.88. The number of benzene rings is 2. The maximum Gasteiger partial charge on any atom is 0.246 e. The first-order valence-corrected chi connectivity index (χ1v) is 8.64. The lowest BCUT2D eigenvalue weighted by atomic mass is 10.0. The first-order chi connectivity index (χ1) is 12.7. The summed E-state index contributed by atoms with van der Waals surface area (Å²) in [5.74, 6) is -0.0431. The Hall–Kier alpha value is -2.99. The van der Waals surface area contributed by atoms with Crippen LogP contribution in [0.1, 0.15) is 24.1 Å². The van der Waals surface area contributed by atoms with Gasteiger partial charge in [-0.1, -0.05) is 49.4 Å². The first kappa shape index (κ1) is 17.8. The van der Waals surface area contributed by atoms with Crippen LogP contribution in [0.4, 0.5) is 5.69 Å². The molecule has 0 fully saturated rings. The SMILES string of the molecule is CCN(C)[C@@H](C(=O)Nc1cccc(Cn2cncn2)c1)c1ccccc1. The lowest BCUT2D eigenvalue weighted by Crippen LogP contribution is -2.34. The van der Waals surface area contributed by atoms with Crippen molar-refractivity contribution < 1.29 is 4.79 Å². The largest absolute Gasteiger partial charge is 0.324 e. The Balaban J connectivity index is 1.77. The second kappa shape index (κ2) is 8.40. The lowest BCUT2D eigenvalue weighted by molar-refractivity contribution is -0.121. The molecule has 1 amide bonds. The van der Waals surface area contributed by atoms with E-state index in [1.165, 1.54) is 6.33 Å². The monoisotopic (exact) mass is 349 g/mol. The molecule has 0 spiro atoms. The minimum Gasteiger partial charge on any atom is -0.324 e. The van der Waals surface area contributed by atoms with Crippen LogP contribution < -0.4 is 5.32 Å². The van der Waals surface area contributed by atoms with E-state index in [1.807, 2.05) is 73.5 Å². The summed E-state index contributed by atoms with van der Waals surface area (Å²) in [4.78, 5) is 18.9. The summed E-state index contributed by atoms with van der Waals surface area (Å²) in [5, 5.41) is 7.17. The summed E-state index contributed by atoms with van der Waals surface area (Å²) in [6.45, 7) is 3.43. The van der Waals surface area contributed by atoms with Crippen LogP contribution in [0.25, 0.3) is 0 Å². The summed E-state index contributed by atoms with van der Waals surface area (Å²) in [6.07, 6.45) is 3.18. The molecule has 2 aromatic carbocycles. The molecule has 0 bridgehead atoms. The van der Waals surface area contributed by atoms with Gasteiger partial charge in [-0.25, -0.2) is 9.67 Å². The molecular weight excluding hydrogens is 326 g/mol. The molecule has 0 saturated heterocycles. The van der Waals surface area contributed by atoms with Crippen molar-refractivity contribution in [3.63, 3.8) is 0 Å². The fourth-order valence-corrected chi connectivity index (χ4v) is 2.88. The Morgan fingerprint density at radius 2 is 2.00 bits per heavy atom. The maximum absolute atomic E-state index is 13.0. The van der Waals surface area contributed by atoms with Crippen molar-refractivity contribution in [3.05, 3.63) is 78.4 Å². The quantitative estimate of drug-likeness (QED) is 0.712. The number of likely N-dealkylation sites (N-methyl/N-ethyl adjacent to an activating group) is 1. The zero-order valence-corrected chi connectivity index (χ0v) is 15.0. The van der Waals surface area contributed by atoms with E-state index in [-0.39, 0.29) is 11.9 Å². The number of anilines is 1. The van der Waals surface area contributed by atoms with Crippen LogP contribution in [0.5, 0.6) is 0 Å². The van der Waals surface area contributed by atoms with Gasteiger partial charge < -0.3 is 5.32 Å². The van der Waals surface area contributed by atoms with Gasteiger partial charge in [-0.3, -0.25) is 9.69 Å². The van der Waals surface area contributed by atoms with Gasteiger partial charge in [0.1, 0.15) is 18.7 Å². The summed E-state index contributed by atoms with van der Waals surface area (Å²) in [5.41, 5.74) is 2.81. The Kier molecular flexibility index (Phi) is 5.76. The van der Waals surface area contributed by atoms with Gasteiger partial charge >= 0.3 is 0 Å². The molecule has 1 atom stereocenters. The van der Waals surface area contributed by atoms with Crippen LogP contribution in [0.3, 0.4) is 0 Å². The van der Waals surface area contributed by atoms with E-state index in [4.69, 9.17) is 0 Å². The summed E-state index contributed by atoms with van der Waals surface area (Å²) < 4.78 is 1.75. The molecule has 1 N–H and O–H groups in total. The zero-order chi connectivity index (χ0) is 18.4. The summed E-state index contributed by atoms with van der Waals surface area (Å²) in [7, 11) is 1.96. The molecule has 6 heteroatoms. The van der Waals surface area contributed by atoms with Crippen molar-refractivity contribution in [2.24, 2.45) is 0 Å². The molecular formula is C20H23N5O. The van der Waals surface area contributed by atoms with Crippen LogP contribution in [0.15, 0.2) is 67.3 Å². The van der Waals surface area contributed by atoms with E-state index in [0.29, 0.717) is 6.54 Å². The van der Waals surface area contributed by atoms with Gasteiger partial charge in [0, 0.05) is 5.69 Å². The van der Waals surface area contributed by atoms with Crippen LogP contribution >= 0.6 is 0 Å². The Morgan fingerprint density at radius 1 is 1.19 bits per heavy atom. The van der Waals surface area contributed by atoms with Crippen molar-refractivity contribution >= 4 is 11.6 Å². The van der Waals surface area contributed by atoms with Crippen molar-refractivity contribution in [3.8, 4) is 0 Å². The Labute approximate surface area is 153 Å². The van der Waals surface area contributed by atoms with Crippen LogP contribution in [0.2, 0.25) is 0 Å². The van der Waals surface area contributed by atoms with Gasteiger partial charge in [0.05, 0.1) is 6.54 Å². The number of nitrogens with one attached hydrogen (secondary N) is 1. The molecule has 1 aromatic heterocycles. The van der Waals surface area contributed by atoms with E-state index >= 15 is 0 Å². The Morgan fingerprint density at radius 3 is 2.69 bits per heavy atom. The smallest absolute Gasteiger partial charge is 0.246 e. The summed E-state index contributed by atoms with van der Waals surface area (Å²) >= 11 is 0. The molecule has 0 aliphatic rings. The molecule has 3 aromatic rings. The van der Waals surface area contributed by atoms with Gasteiger partial charge in [-0.2, -0.15) is 5.10 Å². The number of carbonyl (C=O) groups excluding carboxylic acids is 1. The minimum atomic E-state index is -0.333. The van der Waals surface area contributed by atoms with Crippen LogP contribution in [-0.4, -0.2) is 39.2 Å². The molecule has 6 nitrogen and oxygen atoms in total. The molecule has 0 saturated carbocycles. The van der Waals surface area contributed by atoms with Crippen molar-refractivity contribution in [2.45, 2.75) is 19.5 Å². The normalized spacial score (nSPS) is 12.1. The van der Waals surface area contributed by atoms with Gasteiger partial charge in [-0.05, 0) is 36.9 Å². The van der Waals surface area contributed by atoms with E-state index in [1.54, 1.807) is 11.0 Å². The number of aromatic nitrogens is 3. The zero-order valence-electron chi connectivity index (χ0n) is 15.0. The van der Waals surface area contributed by atoms with Gasteiger partial charge in [0.25, 0.3) is 0 Å². The molecule has 3 rings (SSSR count). The molecule has 0 aliphatic carbocycles. The molecule has 134 valence electrons.